The number of aryl methyl sites for hydroxylation is 1. The minimum atomic E-state index is -0.126. The third-order valence-corrected chi connectivity index (χ3v) is 5.86. The fourth-order valence-corrected chi connectivity index (χ4v) is 4.10. The van der Waals surface area contributed by atoms with Crippen LogP contribution in [0, 0.1) is 6.92 Å². The van der Waals surface area contributed by atoms with Gasteiger partial charge in [0, 0.05) is 30.9 Å². The highest BCUT2D eigenvalue weighted by Gasteiger charge is 2.27. The summed E-state index contributed by atoms with van der Waals surface area (Å²) < 4.78 is 0. The highest BCUT2D eigenvalue weighted by molar-refractivity contribution is 5.96. The molecule has 3 amide bonds. The zero-order valence-electron chi connectivity index (χ0n) is 18.6. The molecule has 0 saturated carbocycles. The third kappa shape index (κ3) is 4.99. The Balaban J connectivity index is 1.41. The van der Waals surface area contributed by atoms with Crippen LogP contribution in [0.4, 0.5) is 10.5 Å². The molecule has 0 aromatic heterocycles. The van der Waals surface area contributed by atoms with Gasteiger partial charge >= 0.3 is 6.03 Å². The number of carbonyl (C=O) groups excluding carboxylic acids is 2. The van der Waals surface area contributed by atoms with E-state index in [9.17, 15) is 9.59 Å². The van der Waals surface area contributed by atoms with Crippen LogP contribution in [0.5, 0.6) is 0 Å². The Bertz CT molecular complexity index is 1080. The van der Waals surface area contributed by atoms with E-state index in [1.54, 1.807) is 17.0 Å². The molecule has 1 aliphatic rings. The van der Waals surface area contributed by atoms with Crippen molar-refractivity contribution >= 4 is 17.6 Å². The summed E-state index contributed by atoms with van der Waals surface area (Å²) in [5.74, 6) is -0.126. The molecule has 32 heavy (non-hydrogen) atoms. The number of nitrogens with one attached hydrogen (secondary N) is 1. The number of hydrogen-bond acceptors (Lipinski definition) is 2. The van der Waals surface area contributed by atoms with Crippen molar-refractivity contribution in [1.82, 2.24) is 10.2 Å². The lowest BCUT2D eigenvalue weighted by Crippen LogP contribution is -2.49. The number of carbonyl (C=O) groups is 2. The predicted octanol–water partition coefficient (Wildman–Crippen LogP) is 5.32. The van der Waals surface area contributed by atoms with Crippen LogP contribution in [-0.4, -0.2) is 29.9 Å². The maximum absolute atomic E-state index is 13.1. The summed E-state index contributed by atoms with van der Waals surface area (Å²) in [7, 11) is 0. The molecule has 1 atom stereocenters. The molecular weight excluding hydrogens is 398 g/mol. The lowest BCUT2D eigenvalue weighted by atomic mass is 10.1. The standard InChI is InChI=1S/C27H29N3O2/c1-20-8-6-9-22(18-20)19-29-16-7-17-30(27(29)32)25-14-12-24(13-15-25)26(31)28-21(2)23-10-4-3-5-11-23/h3-6,8-15,18,21H,7,16-17,19H2,1-2H3,(H,28,31). The molecule has 1 saturated heterocycles. The van der Waals surface area contributed by atoms with Crippen LogP contribution in [0.2, 0.25) is 0 Å². The average molecular weight is 428 g/mol. The van der Waals surface area contributed by atoms with E-state index in [-0.39, 0.29) is 18.0 Å². The average Bonchev–Trinajstić information content (AvgIpc) is 2.81. The molecule has 0 spiro atoms. The quantitative estimate of drug-likeness (QED) is 0.579. The second-order valence-electron chi connectivity index (χ2n) is 8.35. The van der Waals surface area contributed by atoms with Crippen LogP contribution in [0.15, 0.2) is 78.9 Å². The zero-order valence-corrected chi connectivity index (χ0v) is 18.6. The topological polar surface area (TPSA) is 52.6 Å². The number of anilines is 1. The molecule has 1 fully saturated rings. The third-order valence-electron chi connectivity index (χ3n) is 5.86. The van der Waals surface area contributed by atoms with E-state index in [2.05, 4.69) is 30.4 Å². The number of amides is 3. The molecular formula is C27H29N3O2. The van der Waals surface area contributed by atoms with Crippen molar-refractivity contribution in [2.45, 2.75) is 32.9 Å². The number of nitrogens with zero attached hydrogens (tertiary/aromatic N) is 2. The molecule has 1 unspecified atom stereocenters. The Hall–Kier alpha value is -3.60. The van der Waals surface area contributed by atoms with Crippen LogP contribution in [0.25, 0.3) is 0 Å². The fourth-order valence-electron chi connectivity index (χ4n) is 4.10. The van der Waals surface area contributed by atoms with Gasteiger partial charge in [-0.25, -0.2) is 4.79 Å². The second kappa shape index (κ2) is 9.69. The van der Waals surface area contributed by atoms with Crippen molar-refractivity contribution < 1.29 is 9.59 Å². The summed E-state index contributed by atoms with van der Waals surface area (Å²) in [6, 6.07) is 25.4. The van der Waals surface area contributed by atoms with E-state index in [4.69, 9.17) is 0 Å². The molecule has 1 N–H and O–H groups in total. The van der Waals surface area contributed by atoms with Gasteiger partial charge < -0.3 is 10.2 Å². The van der Waals surface area contributed by atoms with Crippen molar-refractivity contribution in [2.75, 3.05) is 18.0 Å². The Morgan fingerprint density at radius 1 is 0.969 bits per heavy atom. The predicted molar refractivity (Wildman–Crippen MR) is 128 cm³/mol. The van der Waals surface area contributed by atoms with Crippen LogP contribution < -0.4 is 10.2 Å². The van der Waals surface area contributed by atoms with Crippen LogP contribution >= 0.6 is 0 Å². The number of rotatable bonds is 6. The maximum atomic E-state index is 13.1. The Kier molecular flexibility index (Phi) is 6.55. The first-order valence-corrected chi connectivity index (χ1v) is 11.1. The van der Waals surface area contributed by atoms with Crippen molar-refractivity contribution in [1.29, 1.82) is 0 Å². The molecule has 3 aromatic rings. The summed E-state index contributed by atoms with van der Waals surface area (Å²) in [5.41, 5.74) is 4.79. The van der Waals surface area contributed by atoms with Crippen molar-refractivity contribution in [2.24, 2.45) is 0 Å². The molecule has 0 radical (unpaired) electrons. The SMILES string of the molecule is Cc1cccc(CN2CCCN(c3ccc(C(=O)NC(C)c4ccccc4)cc3)C2=O)c1. The largest absolute Gasteiger partial charge is 0.346 e. The van der Waals surface area contributed by atoms with Gasteiger partial charge in [0.15, 0.2) is 0 Å². The first kappa shape index (κ1) is 21.6. The summed E-state index contributed by atoms with van der Waals surface area (Å²) in [6.07, 6.45) is 0.911. The minimum absolute atomic E-state index is 0.00709. The van der Waals surface area contributed by atoms with Crippen molar-refractivity contribution in [3.05, 3.63) is 101 Å². The van der Waals surface area contributed by atoms with Gasteiger partial charge in [-0.05, 0) is 55.7 Å². The Morgan fingerprint density at radius 3 is 2.44 bits per heavy atom. The van der Waals surface area contributed by atoms with Crippen molar-refractivity contribution in [3.63, 3.8) is 0 Å². The van der Waals surface area contributed by atoms with Crippen LogP contribution in [0.1, 0.15) is 46.4 Å². The van der Waals surface area contributed by atoms with Gasteiger partial charge in [-0.2, -0.15) is 0 Å². The maximum Gasteiger partial charge on any atom is 0.324 e. The second-order valence-corrected chi connectivity index (χ2v) is 8.35. The first-order chi connectivity index (χ1) is 15.5. The van der Waals surface area contributed by atoms with E-state index in [1.165, 1.54) is 5.56 Å². The van der Waals surface area contributed by atoms with E-state index < -0.39 is 0 Å². The monoisotopic (exact) mass is 427 g/mol. The Labute approximate surface area is 189 Å². The molecule has 4 rings (SSSR count). The number of hydrogen-bond donors (Lipinski definition) is 1. The molecule has 0 bridgehead atoms. The fraction of sp³-hybridized carbons (Fsp3) is 0.259. The minimum Gasteiger partial charge on any atom is -0.346 e. The summed E-state index contributed by atoms with van der Waals surface area (Å²) in [6.45, 7) is 6.07. The zero-order chi connectivity index (χ0) is 22.5. The molecule has 3 aromatic carbocycles. The first-order valence-electron chi connectivity index (χ1n) is 11.1. The molecule has 5 heteroatoms. The van der Waals surface area contributed by atoms with Crippen LogP contribution in [-0.2, 0) is 6.54 Å². The lowest BCUT2D eigenvalue weighted by Gasteiger charge is -2.35. The normalized spacial score (nSPS) is 14.9. The smallest absolute Gasteiger partial charge is 0.324 e. The van der Waals surface area contributed by atoms with Crippen molar-refractivity contribution in [3.8, 4) is 0 Å². The molecule has 1 heterocycles. The highest BCUT2D eigenvalue weighted by Crippen LogP contribution is 2.23. The van der Waals surface area contributed by atoms with E-state index >= 15 is 0 Å². The van der Waals surface area contributed by atoms with Gasteiger partial charge in [-0.1, -0.05) is 60.2 Å². The molecule has 5 nitrogen and oxygen atoms in total. The van der Waals surface area contributed by atoms with Gasteiger partial charge in [0.2, 0.25) is 0 Å². The lowest BCUT2D eigenvalue weighted by molar-refractivity contribution is 0.0940. The molecule has 0 aliphatic carbocycles. The number of benzene rings is 3. The van der Waals surface area contributed by atoms with Gasteiger partial charge in [0.1, 0.15) is 0 Å². The molecule has 1 aliphatic heterocycles. The van der Waals surface area contributed by atoms with Gasteiger partial charge in [0.05, 0.1) is 6.04 Å². The van der Waals surface area contributed by atoms with Gasteiger partial charge in [0.25, 0.3) is 5.91 Å². The molecule has 164 valence electrons. The summed E-state index contributed by atoms with van der Waals surface area (Å²) in [4.78, 5) is 29.5. The van der Waals surface area contributed by atoms with E-state index in [0.29, 0.717) is 18.7 Å². The summed E-state index contributed by atoms with van der Waals surface area (Å²) >= 11 is 0. The highest BCUT2D eigenvalue weighted by atomic mass is 16.2. The van der Waals surface area contributed by atoms with E-state index in [0.717, 1.165) is 29.8 Å². The van der Waals surface area contributed by atoms with E-state index in [1.807, 2.05) is 60.4 Å². The summed E-state index contributed by atoms with van der Waals surface area (Å²) in [5, 5.41) is 3.03. The van der Waals surface area contributed by atoms with Gasteiger partial charge in [-0.15, -0.1) is 0 Å². The van der Waals surface area contributed by atoms with Crippen LogP contribution in [0.3, 0.4) is 0 Å². The van der Waals surface area contributed by atoms with Gasteiger partial charge in [-0.3, -0.25) is 9.69 Å². The number of urea groups is 1. The Morgan fingerprint density at radius 2 is 1.72 bits per heavy atom.